The van der Waals surface area contributed by atoms with Gasteiger partial charge in [-0.05, 0) is 56.5 Å². The van der Waals surface area contributed by atoms with Crippen LogP contribution in [0.2, 0.25) is 0 Å². The first kappa shape index (κ1) is 17.2. The number of rotatable bonds is 3. The molecule has 6 heteroatoms. The highest BCUT2D eigenvalue weighted by Crippen LogP contribution is 2.27. The van der Waals surface area contributed by atoms with Crippen molar-refractivity contribution in [1.82, 2.24) is 14.7 Å². The zero-order valence-corrected chi connectivity index (χ0v) is 15.0. The Morgan fingerprint density at radius 3 is 2.48 bits per heavy atom. The van der Waals surface area contributed by atoms with E-state index in [2.05, 4.69) is 16.5 Å². The molecule has 0 spiro atoms. The first-order chi connectivity index (χ1) is 12.0. The van der Waals surface area contributed by atoms with Crippen molar-refractivity contribution in [3.63, 3.8) is 0 Å². The Kier molecular flexibility index (Phi) is 4.88. The molecule has 0 bridgehead atoms. The fourth-order valence-corrected chi connectivity index (χ4v) is 3.50. The Bertz CT molecular complexity index is 788. The van der Waals surface area contributed by atoms with Crippen molar-refractivity contribution in [2.45, 2.75) is 32.6 Å². The van der Waals surface area contributed by atoms with Gasteiger partial charge in [0.2, 0.25) is 0 Å². The van der Waals surface area contributed by atoms with Gasteiger partial charge in [0.15, 0.2) is 5.78 Å². The van der Waals surface area contributed by atoms with Crippen LogP contribution in [0.3, 0.4) is 0 Å². The maximum Gasteiger partial charge on any atom is 0.321 e. The minimum absolute atomic E-state index is 0.0348. The Hall–Kier alpha value is -2.63. The highest BCUT2D eigenvalue weighted by molar-refractivity contribution is 5.96. The van der Waals surface area contributed by atoms with Crippen LogP contribution in [0.25, 0.3) is 0 Å². The number of anilines is 1. The summed E-state index contributed by atoms with van der Waals surface area (Å²) in [5, 5.41) is 7.17. The largest absolute Gasteiger partial charge is 0.324 e. The lowest BCUT2D eigenvalue weighted by Crippen LogP contribution is -2.40. The normalized spacial score (nSPS) is 15.2. The zero-order chi connectivity index (χ0) is 18.0. The monoisotopic (exact) mass is 340 g/mol. The second-order valence-corrected chi connectivity index (χ2v) is 6.66. The van der Waals surface area contributed by atoms with Crippen molar-refractivity contribution in [1.29, 1.82) is 0 Å². The third-order valence-electron chi connectivity index (χ3n) is 4.92. The number of Topliss-reactive ketones (excluding diaryl/α,β-unsaturated/α-hetero) is 1. The van der Waals surface area contributed by atoms with Gasteiger partial charge in [0.05, 0.1) is 0 Å². The molecule has 0 radical (unpaired) electrons. The minimum Gasteiger partial charge on any atom is -0.324 e. The van der Waals surface area contributed by atoms with E-state index in [-0.39, 0.29) is 11.8 Å². The molecule has 0 aliphatic carbocycles. The molecule has 1 aliphatic heterocycles. The van der Waals surface area contributed by atoms with Crippen molar-refractivity contribution in [3.8, 4) is 0 Å². The van der Waals surface area contributed by atoms with E-state index < -0.39 is 0 Å². The second kappa shape index (κ2) is 7.09. The molecule has 132 valence electrons. The van der Waals surface area contributed by atoms with Crippen LogP contribution in [0.4, 0.5) is 10.5 Å². The van der Waals surface area contributed by atoms with Crippen molar-refractivity contribution in [3.05, 3.63) is 47.3 Å². The maximum absolute atomic E-state index is 12.5. The zero-order valence-electron chi connectivity index (χ0n) is 15.0. The molecule has 6 nitrogen and oxygen atoms in total. The van der Waals surface area contributed by atoms with Gasteiger partial charge in [0, 0.05) is 49.2 Å². The SMILES string of the molecule is CC(=O)c1ccc(NC(=O)N2CCC(c3ccnn3C)CC2)cc1C. The number of carbonyl (C=O) groups excluding carboxylic acids is 2. The number of ketones is 1. The molecule has 0 unspecified atom stereocenters. The summed E-state index contributed by atoms with van der Waals surface area (Å²) in [4.78, 5) is 25.8. The maximum atomic E-state index is 12.5. The molecule has 25 heavy (non-hydrogen) atoms. The smallest absolute Gasteiger partial charge is 0.321 e. The third kappa shape index (κ3) is 3.73. The Balaban J connectivity index is 1.59. The Morgan fingerprint density at radius 1 is 1.20 bits per heavy atom. The number of carbonyl (C=O) groups is 2. The number of amides is 2. The van der Waals surface area contributed by atoms with Crippen molar-refractivity contribution >= 4 is 17.5 Å². The summed E-state index contributed by atoms with van der Waals surface area (Å²) in [6.45, 7) is 4.89. The molecule has 1 saturated heterocycles. The summed E-state index contributed by atoms with van der Waals surface area (Å²) in [7, 11) is 1.96. The van der Waals surface area contributed by atoms with Gasteiger partial charge < -0.3 is 10.2 Å². The van der Waals surface area contributed by atoms with Crippen LogP contribution < -0.4 is 5.32 Å². The lowest BCUT2D eigenvalue weighted by atomic mass is 9.93. The van der Waals surface area contributed by atoms with E-state index in [9.17, 15) is 9.59 Å². The average Bonchev–Trinajstić information content (AvgIpc) is 3.00. The number of benzene rings is 1. The number of piperidine rings is 1. The summed E-state index contributed by atoms with van der Waals surface area (Å²) in [5.74, 6) is 0.487. The first-order valence-electron chi connectivity index (χ1n) is 8.61. The number of hydrogen-bond donors (Lipinski definition) is 1. The predicted molar refractivity (Wildman–Crippen MR) is 97.0 cm³/mol. The van der Waals surface area contributed by atoms with E-state index in [1.165, 1.54) is 5.69 Å². The van der Waals surface area contributed by atoms with Crippen LogP contribution in [-0.4, -0.2) is 39.6 Å². The molecule has 0 saturated carbocycles. The first-order valence-corrected chi connectivity index (χ1v) is 8.61. The van der Waals surface area contributed by atoms with E-state index in [4.69, 9.17) is 0 Å². The van der Waals surface area contributed by atoms with Gasteiger partial charge in [-0.3, -0.25) is 9.48 Å². The quantitative estimate of drug-likeness (QED) is 0.871. The highest BCUT2D eigenvalue weighted by atomic mass is 16.2. The number of nitrogens with one attached hydrogen (secondary N) is 1. The van der Waals surface area contributed by atoms with Crippen LogP contribution in [0.5, 0.6) is 0 Å². The predicted octanol–water partition coefficient (Wildman–Crippen LogP) is 3.34. The van der Waals surface area contributed by atoms with Crippen LogP contribution >= 0.6 is 0 Å². The van der Waals surface area contributed by atoms with Crippen LogP contribution in [0, 0.1) is 6.92 Å². The van der Waals surface area contributed by atoms with Crippen molar-refractivity contribution in [2.75, 3.05) is 18.4 Å². The third-order valence-corrected chi connectivity index (χ3v) is 4.92. The lowest BCUT2D eigenvalue weighted by Gasteiger charge is -2.32. The summed E-state index contributed by atoms with van der Waals surface area (Å²) < 4.78 is 1.92. The summed E-state index contributed by atoms with van der Waals surface area (Å²) in [5.41, 5.74) is 3.52. The Labute approximate surface area is 147 Å². The van der Waals surface area contributed by atoms with Gasteiger partial charge in [0.1, 0.15) is 0 Å². The topological polar surface area (TPSA) is 67.2 Å². The minimum atomic E-state index is -0.0848. The van der Waals surface area contributed by atoms with Gasteiger partial charge in [0.25, 0.3) is 0 Å². The molecule has 2 aromatic rings. The van der Waals surface area contributed by atoms with Gasteiger partial charge >= 0.3 is 6.03 Å². The van der Waals surface area contributed by atoms with Crippen molar-refractivity contribution < 1.29 is 9.59 Å². The fourth-order valence-electron chi connectivity index (χ4n) is 3.50. The Morgan fingerprint density at radius 2 is 1.92 bits per heavy atom. The summed E-state index contributed by atoms with van der Waals surface area (Å²) in [6.07, 6.45) is 3.70. The van der Waals surface area contributed by atoms with E-state index >= 15 is 0 Å². The summed E-state index contributed by atoms with van der Waals surface area (Å²) in [6, 6.07) is 7.36. The number of urea groups is 1. The molecule has 1 aromatic carbocycles. The number of nitrogens with zero attached hydrogens (tertiary/aromatic N) is 3. The van der Waals surface area contributed by atoms with Crippen LogP contribution in [0.1, 0.15) is 47.3 Å². The molecule has 2 heterocycles. The molecule has 1 aliphatic rings. The van der Waals surface area contributed by atoms with E-state index in [0.717, 1.165) is 37.2 Å². The number of aromatic nitrogens is 2. The van der Waals surface area contributed by atoms with Crippen LogP contribution in [-0.2, 0) is 7.05 Å². The molecule has 3 rings (SSSR count). The molecule has 1 N–H and O–H groups in total. The molecule has 0 atom stereocenters. The number of likely N-dealkylation sites (tertiary alicyclic amines) is 1. The molecule has 2 amide bonds. The number of aryl methyl sites for hydroxylation is 2. The summed E-state index contributed by atoms with van der Waals surface area (Å²) >= 11 is 0. The highest BCUT2D eigenvalue weighted by Gasteiger charge is 2.25. The van der Waals surface area contributed by atoms with E-state index in [1.54, 1.807) is 19.1 Å². The van der Waals surface area contributed by atoms with Crippen LogP contribution in [0.15, 0.2) is 30.5 Å². The molecular formula is C19H24N4O2. The molecule has 1 aromatic heterocycles. The standard InChI is InChI=1S/C19H24N4O2/c1-13-12-16(4-5-17(13)14(2)24)21-19(25)23-10-7-15(8-11-23)18-6-9-20-22(18)3/h4-6,9,12,15H,7-8,10-11H2,1-3H3,(H,21,25). The van der Waals surface area contributed by atoms with Gasteiger partial charge in [-0.25, -0.2) is 4.79 Å². The van der Waals surface area contributed by atoms with Gasteiger partial charge in [-0.2, -0.15) is 5.10 Å². The van der Waals surface area contributed by atoms with E-state index in [0.29, 0.717) is 11.5 Å². The fraction of sp³-hybridized carbons (Fsp3) is 0.421. The molecule has 1 fully saturated rings. The van der Waals surface area contributed by atoms with E-state index in [1.807, 2.05) is 35.8 Å². The van der Waals surface area contributed by atoms with Crippen molar-refractivity contribution in [2.24, 2.45) is 7.05 Å². The molecular weight excluding hydrogens is 316 g/mol. The average molecular weight is 340 g/mol. The van der Waals surface area contributed by atoms with Gasteiger partial charge in [-0.1, -0.05) is 0 Å². The lowest BCUT2D eigenvalue weighted by molar-refractivity contribution is 0.101. The number of hydrogen-bond acceptors (Lipinski definition) is 3. The second-order valence-electron chi connectivity index (χ2n) is 6.66. The van der Waals surface area contributed by atoms with Gasteiger partial charge in [-0.15, -0.1) is 0 Å².